The van der Waals surface area contributed by atoms with Crippen LogP contribution in [0.4, 0.5) is 11.8 Å². The molecule has 1 amide bonds. The van der Waals surface area contributed by atoms with Crippen molar-refractivity contribution in [3.63, 3.8) is 0 Å². The molecule has 0 aliphatic carbocycles. The Labute approximate surface area is 110 Å². The van der Waals surface area contributed by atoms with Crippen LogP contribution in [0.5, 0.6) is 0 Å². The van der Waals surface area contributed by atoms with Crippen LogP contribution < -0.4 is 16.0 Å². The van der Waals surface area contributed by atoms with Crippen molar-refractivity contribution in [1.29, 1.82) is 0 Å². The summed E-state index contributed by atoms with van der Waals surface area (Å²) in [6, 6.07) is -0.396. The van der Waals surface area contributed by atoms with E-state index in [1.807, 2.05) is 6.92 Å². The number of likely N-dealkylation sites (N-methyl/N-ethyl adjacent to an activating group) is 1. The van der Waals surface area contributed by atoms with Gasteiger partial charge in [-0.1, -0.05) is 0 Å². The smallest absolute Gasteiger partial charge is 0.241 e. The molecule has 0 aliphatic rings. The summed E-state index contributed by atoms with van der Waals surface area (Å²) in [6.45, 7) is 4.44. The van der Waals surface area contributed by atoms with Crippen LogP contribution in [0.3, 0.4) is 0 Å². The number of fused-ring (bicyclic) bond motifs is 1. The highest BCUT2D eigenvalue weighted by Crippen LogP contribution is 2.20. The van der Waals surface area contributed by atoms with E-state index in [2.05, 4.69) is 36.1 Å². The molecule has 8 heteroatoms. The van der Waals surface area contributed by atoms with Gasteiger partial charge < -0.3 is 16.0 Å². The maximum atomic E-state index is 11.5. The highest BCUT2D eigenvalue weighted by molar-refractivity contribution is 5.90. The van der Waals surface area contributed by atoms with Crippen LogP contribution in [0.25, 0.3) is 11.0 Å². The van der Waals surface area contributed by atoms with Gasteiger partial charge >= 0.3 is 0 Å². The lowest BCUT2D eigenvalue weighted by Gasteiger charge is -2.14. The summed E-state index contributed by atoms with van der Waals surface area (Å²) in [6.07, 6.45) is 1.63. The molecule has 0 radical (unpaired) electrons. The molecule has 1 atom stereocenters. The molecule has 8 nitrogen and oxygen atoms in total. The number of nitrogens with one attached hydrogen (secondary N) is 4. The predicted molar refractivity (Wildman–Crippen MR) is 73.0 cm³/mol. The first-order chi connectivity index (χ1) is 9.15. The number of anilines is 2. The van der Waals surface area contributed by atoms with Crippen molar-refractivity contribution in [1.82, 2.24) is 25.5 Å². The van der Waals surface area contributed by atoms with E-state index in [0.717, 1.165) is 5.39 Å². The van der Waals surface area contributed by atoms with Crippen molar-refractivity contribution >= 4 is 28.7 Å². The number of carbonyl (C=O) groups excluding carboxylic acids is 1. The topological polar surface area (TPSA) is 108 Å². The van der Waals surface area contributed by atoms with Gasteiger partial charge in [0.1, 0.15) is 11.9 Å². The molecule has 0 bridgehead atoms. The van der Waals surface area contributed by atoms with Gasteiger partial charge in [0.2, 0.25) is 11.9 Å². The van der Waals surface area contributed by atoms with Gasteiger partial charge in [-0.15, -0.1) is 0 Å². The molecular weight excluding hydrogens is 246 g/mol. The molecule has 0 fully saturated rings. The Hall–Kier alpha value is -2.38. The monoisotopic (exact) mass is 263 g/mol. The van der Waals surface area contributed by atoms with Gasteiger partial charge in [-0.3, -0.25) is 9.89 Å². The van der Waals surface area contributed by atoms with E-state index in [4.69, 9.17) is 0 Å². The second-order valence-corrected chi connectivity index (χ2v) is 4.04. The van der Waals surface area contributed by atoms with E-state index in [9.17, 15) is 4.79 Å². The van der Waals surface area contributed by atoms with Gasteiger partial charge in [-0.05, 0) is 13.8 Å². The van der Waals surface area contributed by atoms with Gasteiger partial charge in [0.25, 0.3) is 0 Å². The van der Waals surface area contributed by atoms with E-state index in [1.165, 1.54) is 0 Å². The average molecular weight is 263 g/mol. The molecule has 0 aromatic carbocycles. The van der Waals surface area contributed by atoms with Gasteiger partial charge in [0, 0.05) is 13.6 Å². The minimum Gasteiger partial charge on any atom is -0.358 e. The Morgan fingerprint density at radius 1 is 1.47 bits per heavy atom. The zero-order valence-corrected chi connectivity index (χ0v) is 11.1. The predicted octanol–water partition coefficient (Wildman–Crippen LogP) is 0.331. The fourth-order valence-corrected chi connectivity index (χ4v) is 1.67. The number of hydrogen-bond donors (Lipinski definition) is 4. The summed E-state index contributed by atoms with van der Waals surface area (Å²) >= 11 is 0. The van der Waals surface area contributed by atoms with E-state index in [0.29, 0.717) is 24.0 Å². The fraction of sp³-hybridized carbons (Fsp3) is 0.455. The molecule has 4 N–H and O–H groups in total. The lowest BCUT2D eigenvalue weighted by Crippen LogP contribution is -2.35. The molecular formula is C11H17N7O. The maximum Gasteiger partial charge on any atom is 0.241 e. The van der Waals surface area contributed by atoms with Crippen LogP contribution in [0.2, 0.25) is 0 Å². The molecule has 2 aromatic heterocycles. The summed E-state index contributed by atoms with van der Waals surface area (Å²) in [5, 5.41) is 16.2. The third kappa shape index (κ3) is 2.72. The van der Waals surface area contributed by atoms with Crippen LogP contribution in [-0.4, -0.2) is 45.7 Å². The third-order valence-electron chi connectivity index (χ3n) is 2.64. The standard InChI is InChI=1S/C11H17N7O/c1-4-13-11-16-8(15-6(2)10(19)12-3)7-5-14-18-9(7)17-11/h5-6H,4H2,1-3H3,(H,12,19)(H3,13,14,15,16,17,18). The molecule has 0 aliphatic heterocycles. The number of aromatic nitrogens is 4. The largest absolute Gasteiger partial charge is 0.358 e. The van der Waals surface area contributed by atoms with Crippen molar-refractivity contribution < 1.29 is 4.79 Å². The summed E-state index contributed by atoms with van der Waals surface area (Å²) in [5.74, 6) is 0.955. The minimum atomic E-state index is -0.396. The Morgan fingerprint density at radius 2 is 2.26 bits per heavy atom. The fourth-order valence-electron chi connectivity index (χ4n) is 1.67. The number of rotatable bonds is 5. The molecule has 0 spiro atoms. The molecule has 2 rings (SSSR count). The molecule has 19 heavy (non-hydrogen) atoms. The third-order valence-corrected chi connectivity index (χ3v) is 2.64. The lowest BCUT2D eigenvalue weighted by atomic mass is 10.3. The Morgan fingerprint density at radius 3 is 2.95 bits per heavy atom. The van der Waals surface area contributed by atoms with Crippen molar-refractivity contribution in [2.75, 3.05) is 24.2 Å². The van der Waals surface area contributed by atoms with E-state index in [1.54, 1.807) is 20.2 Å². The highest BCUT2D eigenvalue weighted by Gasteiger charge is 2.15. The van der Waals surface area contributed by atoms with E-state index >= 15 is 0 Å². The van der Waals surface area contributed by atoms with Gasteiger partial charge in [-0.2, -0.15) is 15.1 Å². The molecule has 2 aromatic rings. The SMILES string of the molecule is CCNc1nc(NC(C)C(=O)NC)c2cn[nH]c2n1. The average Bonchev–Trinajstić information content (AvgIpc) is 2.86. The van der Waals surface area contributed by atoms with Crippen LogP contribution in [0.15, 0.2) is 6.20 Å². The van der Waals surface area contributed by atoms with Crippen molar-refractivity contribution in [3.05, 3.63) is 6.20 Å². The van der Waals surface area contributed by atoms with Gasteiger partial charge in [-0.25, -0.2) is 0 Å². The number of amides is 1. The number of nitrogens with zero attached hydrogens (tertiary/aromatic N) is 3. The first-order valence-electron chi connectivity index (χ1n) is 6.08. The van der Waals surface area contributed by atoms with Gasteiger partial charge in [0.05, 0.1) is 11.6 Å². The Bertz CT molecular complexity index is 579. The molecule has 0 saturated heterocycles. The summed E-state index contributed by atoms with van der Waals surface area (Å²) in [5.41, 5.74) is 0.623. The van der Waals surface area contributed by atoms with Crippen molar-refractivity contribution in [3.8, 4) is 0 Å². The summed E-state index contributed by atoms with van der Waals surface area (Å²) in [4.78, 5) is 20.2. The number of hydrogen-bond acceptors (Lipinski definition) is 6. The second-order valence-electron chi connectivity index (χ2n) is 4.04. The first kappa shape index (κ1) is 13.1. The summed E-state index contributed by atoms with van der Waals surface area (Å²) in [7, 11) is 1.60. The van der Waals surface area contributed by atoms with Crippen LogP contribution in [-0.2, 0) is 4.79 Å². The van der Waals surface area contributed by atoms with E-state index < -0.39 is 6.04 Å². The number of aromatic amines is 1. The van der Waals surface area contributed by atoms with Crippen molar-refractivity contribution in [2.45, 2.75) is 19.9 Å². The number of carbonyl (C=O) groups is 1. The van der Waals surface area contributed by atoms with Crippen molar-refractivity contribution in [2.24, 2.45) is 0 Å². The first-order valence-corrected chi connectivity index (χ1v) is 6.08. The summed E-state index contributed by atoms with van der Waals surface area (Å²) < 4.78 is 0. The second kappa shape index (κ2) is 5.51. The van der Waals surface area contributed by atoms with Crippen LogP contribution >= 0.6 is 0 Å². The minimum absolute atomic E-state index is 0.111. The number of H-pyrrole nitrogens is 1. The molecule has 2 heterocycles. The van der Waals surface area contributed by atoms with Crippen LogP contribution in [0, 0.1) is 0 Å². The zero-order chi connectivity index (χ0) is 13.8. The van der Waals surface area contributed by atoms with E-state index in [-0.39, 0.29) is 5.91 Å². The Balaban J connectivity index is 2.34. The van der Waals surface area contributed by atoms with Gasteiger partial charge in [0.15, 0.2) is 5.65 Å². The molecule has 0 saturated carbocycles. The zero-order valence-electron chi connectivity index (χ0n) is 11.1. The maximum absolute atomic E-state index is 11.5. The molecule has 1 unspecified atom stereocenters. The normalized spacial score (nSPS) is 12.2. The molecule has 102 valence electrons. The highest BCUT2D eigenvalue weighted by atomic mass is 16.2. The quantitative estimate of drug-likeness (QED) is 0.619. The lowest BCUT2D eigenvalue weighted by molar-refractivity contribution is -0.121. The van der Waals surface area contributed by atoms with Crippen LogP contribution in [0.1, 0.15) is 13.8 Å². The Kier molecular flexibility index (Phi) is 3.79.